The molecule has 3 aliphatic heterocycles. The number of rotatable bonds is 4. The van der Waals surface area contributed by atoms with Gasteiger partial charge in [0.15, 0.2) is 0 Å². The summed E-state index contributed by atoms with van der Waals surface area (Å²) >= 11 is 0. The smallest absolute Gasteiger partial charge is 0.236 e. The van der Waals surface area contributed by atoms with E-state index in [0.29, 0.717) is 30.3 Å². The van der Waals surface area contributed by atoms with Crippen LogP contribution in [0.25, 0.3) is 0 Å². The van der Waals surface area contributed by atoms with Crippen LogP contribution in [0.4, 0.5) is 0 Å². The quantitative estimate of drug-likeness (QED) is 0.796. The van der Waals surface area contributed by atoms with Crippen LogP contribution >= 0.6 is 0 Å². The fourth-order valence-corrected chi connectivity index (χ4v) is 4.89. The van der Waals surface area contributed by atoms with Gasteiger partial charge in [-0.1, -0.05) is 20.3 Å². The zero-order valence-electron chi connectivity index (χ0n) is 15.2. The average molecular weight is 322 g/mol. The number of likely N-dealkylation sites (tertiary alicyclic amines) is 3. The molecule has 3 saturated heterocycles. The molecule has 3 rings (SSSR count). The Morgan fingerprint density at radius 1 is 0.957 bits per heavy atom. The zero-order valence-corrected chi connectivity index (χ0v) is 15.2. The second-order valence-corrected chi connectivity index (χ2v) is 8.37. The first-order chi connectivity index (χ1) is 11.1. The molecule has 0 aliphatic carbocycles. The van der Waals surface area contributed by atoms with E-state index in [0.717, 1.165) is 19.6 Å². The van der Waals surface area contributed by atoms with Gasteiger partial charge >= 0.3 is 0 Å². The van der Waals surface area contributed by atoms with Crippen LogP contribution in [0, 0.1) is 11.8 Å². The Bertz CT molecular complexity index is 384. The fourth-order valence-electron chi connectivity index (χ4n) is 4.89. The topological polar surface area (TPSA) is 26.8 Å². The summed E-state index contributed by atoms with van der Waals surface area (Å²) in [7, 11) is 0. The number of carbonyl (C=O) groups excluding carboxylic acids is 1. The van der Waals surface area contributed by atoms with Crippen molar-refractivity contribution in [1.29, 1.82) is 0 Å². The third kappa shape index (κ3) is 4.69. The lowest BCUT2D eigenvalue weighted by atomic mass is 9.92. The minimum Gasteiger partial charge on any atom is -0.341 e. The van der Waals surface area contributed by atoms with Gasteiger partial charge in [0.2, 0.25) is 5.91 Å². The van der Waals surface area contributed by atoms with E-state index in [2.05, 4.69) is 28.5 Å². The zero-order chi connectivity index (χ0) is 16.2. The summed E-state index contributed by atoms with van der Waals surface area (Å²) < 4.78 is 0. The fraction of sp³-hybridized carbons (Fsp3) is 0.947. The second-order valence-electron chi connectivity index (χ2n) is 8.37. The highest BCUT2D eigenvalue weighted by Crippen LogP contribution is 2.23. The van der Waals surface area contributed by atoms with Gasteiger partial charge in [-0.25, -0.2) is 0 Å². The maximum atomic E-state index is 12.8. The molecule has 3 atom stereocenters. The van der Waals surface area contributed by atoms with E-state index in [1.165, 1.54) is 58.2 Å². The van der Waals surface area contributed by atoms with Crippen molar-refractivity contribution in [3.8, 4) is 0 Å². The molecule has 0 radical (unpaired) electrons. The van der Waals surface area contributed by atoms with Gasteiger partial charge in [0.05, 0.1) is 6.54 Å². The molecule has 1 amide bonds. The van der Waals surface area contributed by atoms with E-state index in [1.54, 1.807) is 0 Å². The molecule has 3 fully saturated rings. The van der Waals surface area contributed by atoms with Gasteiger partial charge in [-0.2, -0.15) is 0 Å². The number of carbonyl (C=O) groups is 1. The molecular weight excluding hydrogens is 286 g/mol. The average Bonchev–Trinajstić information content (AvgIpc) is 2.94. The van der Waals surface area contributed by atoms with Crippen LogP contribution in [-0.2, 0) is 4.79 Å². The van der Waals surface area contributed by atoms with Gasteiger partial charge in [-0.3, -0.25) is 9.69 Å². The van der Waals surface area contributed by atoms with Crippen molar-refractivity contribution in [3.05, 3.63) is 0 Å². The molecule has 132 valence electrons. The summed E-state index contributed by atoms with van der Waals surface area (Å²) in [4.78, 5) is 20.0. The first-order valence-corrected chi connectivity index (χ1v) is 9.86. The Balaban J connectivity index is 1.50. The minimum atomic E-state index is 0.369. The van der Waals surface area contributed by atoms with Crippen molar-refractivity contribution < 1.29 is 4.79 Å². The van der Waals surface area contributed by atoms with E-state index in [9.17, 15) is 4.79 Å². The van der Waals surface area contributed by atoms with Crippen LogP contribution in [0.3, 0.4) is 0 Å². The standard InChI is InChI=1S/C19H35N3O/c1-16-11-17(2)13-22(12-16)19(23)15-21-10-6-7-18(21)14-20-8-4-3-5-9-20/h16-18H,3-15H2,1-2H3. The molecule has 4 nitrogen and oxygen atoms in total. The Kier molecular flexibility index (Phi) is 5.97. The Hall–Kier alpha value is -0.610. The lowest BCUT2D eigenvalue weighted by Crippen LogP contribution is -2.49. The summed E-state index contributed by atoms with van der Waals surface area (Å²) in [5.74, 6) is 1.68. The molecule has 0 saturated carbocycles. The third-order valence-electron chi connectivity index (χ3n) is 5.98. The highest BCUT2D eigenvalue weighted by molar-refractivity contribution is 5.78. The molecule has 4 heteroatoms. The summed E-state index contributed by atoms with van der Waals surface area (Å²) in [6.45, 7) is 12.0. The summed E-state index contributed by atoms with van der Waals surface area (Å²) in [6.07, 6.45) is 7.92. The first kappa shape index (κ1) is 17.2. The van der Waals surface area contributed by atoms with E-state index in [-0.39, 0.29) is 0 Å². The number of amides is 1. The Morgan fingerprint density at radius 2 is 1.65 bits per heavy atom. The van der Waals surface area contributed by atoms with E-state index in [4.69, 9.17) is 0 Å². The molecule has 3 unspecified atom stereocenters. The molecule has 0 N–H and O–H groups in total. The number of hydrogen-bond donors (Lipinski definition) is 0. The first-order valence-electron chi connectivity index (χ1n) is 9.86. The SMILES string of the molecule is CC1CC(C)CN(C(=O)CN2CCCC2CN2CCCCC2)C1. The van der Waals surface area contributed by atoms with Gasteiger partial charge in [-0.05, 0) is 63.6 Å². The van der Waals surface area contributed by atoms with Crippen molar-refractivity contribution in [2.24, 2.45) is 11.8 Å². The molecular formula is C19H35N3O. The van der Waals surface area contributed by atoms with Crippen LogP contribution in [0.5, 0.6) is 0 Å². The van der Waals surface area contributed by atoms with Crippen LogP contribution in [-0.4, -0.2) is 72.5 Å². The van der Waals surface area contributed by atoms with Crippen LogP contribution in [0.1, 0.15) is 52.4 Å². The second kappa shape index (κ2) is 7.98. The predicted octanol–water partition coefficient (Wildman–Crippen LogP) is 2.44. The summed E-state index contributed by atoms with van der Waals surface area (Å²) in [6, 6.07) is 0.608. The van der Waals surface area contributed by atoms with Gasteiger partial charge in [0, 0.05) is 25.7 Å². The lowest BCUT2D eigenvalue weighted by molar-refractivity contribution is -0.135. The van der Waals surface area contributed by atoms with Crippen molar-refractivity contribution in [2.75, 3.05) is 45.8 Å². The normalized spacial score (nSPS) is 34.0. The molecule has 0 aromatic carbocycles. The van der Waals surface area contributed by atoms with E-state index in [1.807, 2.05) is 0 Å². The van der Waals surface area contributed by atoms with Crippen molar-refractivity contribution >= 4 is 5.91 Å². The van der Waals surface area contributed by atoms with Crippen molar-refractivity contribution in [1.82, 2.24) is 14.7 Å². The lowest BCUT2D eigenvalue weighted by Gasteiger charge is -2.37. The third-order valence-corrected chi connectivity index (χ3v) is 5.98. The predicted molar refractivity (Wildman–Crippen MR) is 94.4 cm³/mol. The summed E-state index contributed by atoms with van der Waals surface area (Å²) in [5, 5.41) is 0. The molecule has 0 aromatic heterocycles. The van der Waals surface area contributed by atoms with E-state index >= 15 is 0 Å². The van der Waals surface area contributed by atoms with Crippen LogP contribution in [0.2, 0.25) is 0 Å². The van der Waals surface area contributed by atoms with Crippen molar-refractivity contribution in [3.63, 3.8) is 0 Å². The van der Waals surface area contributed by atoms with E-state index < -0.39 is 0 Å². The van der Waals surface area contributed by atoms with Gasteiger partial charge < -0.3 is 9.80 Å². The molecule has 23 heavy (non-hydrogen) atoms. The maximum Gasteiger partial charge on any atom is 0.236 e. The van der Waals surface area contributed by atoms with Crippen molar-refractivity contribution in [2.45, 2.75) is 58.4 Å². The Morgan fingerprint density at radius 3 is 2.35 bits per heavy atom. The number of piperidine rings is 2. The molecule has 3 heterocycles. The van der Waals surface area contributed by atoms with Gasteiger partial charge in [0.1, 0.15) is 0 Å². The summed E-state index contributed by atoms with van der Waals surface area (Å²) in [5.41, 5.74) is 0. The highest BCUT2D eigenvalue weighted by atomic mass is 16.2. The van der Waals surface area contributed by atoms with Crippen LogP contribution in [0.15, 0.2) is 0 Å². The molecule has 3 aliphatic rings. The number of nitrogens with zero attached hydrogens (tertiary/aromatic N) is 3. The van der Waals surface area contributed by atoms with Gasteiger partial charge in [-0.15, -0.1) is 0 Å². The van der Waals surface area contributed by atoms with Crippen LogP contribution < -0.4 is 0 Å². The Labute approximate surface area is 142 Å². The largest absolute Gasteiger partial charge is 0.341 e. The molecule has 0 aromatic rings. The maximum absolute atomic E-state index is 12.8. The minimum absolute atomic E-state index is 0.369. The number of hydrogen-bond acceptors (Lipinski definition) is 3. The molecule has 0 spiro atoms. The molecule has 0 bridgehead atoms. The highest BCUT2D eigenvalue weighted by Gasteiger charge is 2.31. The monoisotopic (exact) mass is 321 g/mol. The van der Waals surface area contributed by atoms with Gasteiger partial charge in [0.25, 0.3) is 0 Å².